The number of hydrogen-bond acceptors (Lipinski definition) is 5. The third kappa shape index (κ3) is 5.70. The number of carbonyl (C=O) groups is 1. The molecule has 6 nitrogen and oxygen atoms in total. The van der Waals surface area contributed by atoms with Gasteiger partial charge in [-0.05, 0) is 48.0 Å². The first-order chi connectivity index (χ1) is 14.1. The van der Waals surface area contributed by atoms with Crippen molar-refractivity contribution in [3.05, 3.63) is 87.7 Å². The molecule has 1 heterocycles. The Morgan fingerprint density at radius 2 is 1.90 bits per heavy atom. The molecule has 0 fully saturated rings. The van der Waals surface area contributed by atoms with E-state index in [-0.39, 0.29) is 12.5 Å². The molecule has 0 saturated carbocycles. The van der Waals surface area contributed by atoms with E-state index in [1.807, 2.05) is 6.07 Å². The van der Waals surface area contributed by atoms with Gasteiger partial charge >= 0.3 is 0 Å². The molecule has 0 unspecified atom stereocenters. The molecule has 148 valence electrons. The smallest absolute Gasteiger partial charge is 0.271 e. The zero-order chi connectivity index (χ0) is 20.6. The summed E-state index contributed by atoms with van der Waals surface area (Å²) in [6, 6.07) is 13.7. The van der Waals surface area contributed by atoms with Crippen molar-refractivity contribution in [2.24, 2.45) is 5.10 Å². The molecule has 0 radical (unpaired) electrons. The minimum absolute atomic E-state index is 0.266. The molecule has 1 aromatic heterocycles. The third-order valence-electron chi connectivity index (χ3n) is 3.91. The van der Waals surface area contributed by atoms with Crippen LogP contribution in [-0.2, 0) is 6.61 Å². The normalized spacial score (nSPS) is 10.7. The van der Waals surface area contributed by atoms with Crippen molar-refractivity contribution >= 4 is 35.3 Å². The monoisotopic (exact) mass is 429 g/mol. The van der Waals surface area contributed by atoms with Gasteiger partial charge in [-0.3, -0.25) is 9.78 Å². The van der Waals surface area contributed by atoms with Crippen molar-refractivity contribution < 1.29 is 14.3 Å². The first kappa shape index (κ1) is 20.6. The Bertz CT molecular complexity index is 1030. The van der Waals surface area contributed by atoms with E-state index in [0.717, 1.165) is 11.1 Å². The summed E-state index contributed by atoms with van der Waals surface area (Å²) in [5, 5.41) is 5.06. The number of halogens is 2. The maximum Gasteiger partial charge on any atom is 0.271 e. The van der Waals surface area contributed by atoms with Crippen LogP contribution in [0.1, 0.15) is 21.5 Å². The van der Waals surface area contributed by atoms with Crippen LogP contribution >= 0.6 is 23.2 Å². The number of amides is 1. The van der Waals surface area contributed by atoms with Crippen molar-refractivity contribution in [2.45, 2.75) is 6.61 Å². The second-order valence-corrected chi connectivity index (χ2v) is 6.71. The number of benzene rings is 2. The molecule has 0 aliphatic carbocycles. The van der Waals surface area contributed by atoms with Crippen molar-refractivity contribution in [3.63, 3.8) is 0 Å². The van der Waals surface area contributed by atoms with Gasteiger partial charge in [-0.25, -0.2) is 5.43 Å². The lowest BCUT2D eigenvalue weighted by Gasteiger charge is -2.12. The van der Waals surface area contributed by atoms with E-state index >= 15 is 0 Å². The maximum absolute atomic E-state index is 12.0. The molecule has 0 spiro atoms. The molecule has 8 heteroatoms. The summed E-state index contributed by atoms with van der Waals surface area (Å²) in [5.74, 6) is 0.756. The Morgan fingerprint density at radius 3 is 2.62 bits per heavy atom. The first-order valence-electron chi connectivity index (χ1n) is 8.55. The van der Waals surface area contributed by atoms with Crippen LogP contribution in [0, 0.1) is 0 Å². The highest BCUT2D eigenvalue weighted by Crippen LogP contribution is 2.29. The van der Waals surface area contributed by atoms with Gasteiger partial charge in [0, 0.05) is 33.6 Å². The van der Waals surface area contributed by atoms with Gasteiger partial charge in [0.05, 0.1) is 13.3 Å². The largest absolute Gasteiger partial charge is 0.493 e. The lowest BCUT2D eigenvalue weighted by molar-refractivity contribution is 0.0955. The highest BCUT2D eigenvalue weighted by Gasteiger charge is 2.08. The number of carbonyl (C=O) groups excluding carboxylic acids is 1. The lowest BCUT2D eigenvalue weighted by Crippen LogP contribution is -2.17. The minimum Gasteiger partial charge on any atom is -0.493 e. The van der Waals surface area contributed by atoms with Crippen LogP contribution in [0.15, 0.2) is 66.0 Å². The SMILES string of the molecule is COc1cc(/C=N\NC(=O)c2ccncc2)ccc1OCc1ccc(Cl)cc1Cl. The van der Waals surface area contributed by atoms with Crippen LogP contribution < -0.4 is 14.9 Å². The molecule has 1 amide bonds. The number of methoxy groups -OCH3 is 1. The zero-order valence-corrected chi connectivity index (χ0v) is 16.9. The van der Waals surface area contributed by atoms with Gasteiger partial charge in [0.2, 0.25) is 0 Å². The Kier molecular flexibility index (Phi) is 7.05. The summed E-state index contributed by atoms with van der Waals surface area (Å²) in [5.41, 5.74) is 4.47. The summed E-state index contributed by atoms with van der Waals surface area (Å²) in [4.78, 5) is 15.8. The van der Waals surface area contributed by atoms with E-state index in [9.17, 15) is 4.79 Å². The number of hydrazone groups is 1. The zero-order valence-electron chi connectivity index (χ0n) is 15.4. The average molecular weight is 430 g/mol. The predicted octanol–water partition coefficient (Wildman–Crippen LogP) is 4.74. The van der Waals surface area contributed by atoms with Crippen LogP contribution in [0.25, 0.3) is 0 Å². The summed E-state index contributed by atoms with van der Waals surface area (Å²) >= 11 is 12.1. The lowest BCUT2D eigenvalue weighted by atomic mass is 10.2. The molecule has 0 aliphatic heterocycles. The Hall–Kier alpha value is -3.09. The molecule has 1 N–H and O–H groups in total. The van der Waals surface area contributed by atoms with Gasteiger partial charge in [0.1, 0.15) is 6.61 Å². The second kappa shape index (κ2) is 9.91. The molecular weight excluding hydrogens is 413 g/mol. The van der Waals surface area contributed by atoms with Gasteiger partial charge in [0.25, 0.3) is 5.91 Å². The molecule has 3 rings (SSSR count). The van der Waals surface area contributed by atoms with Crippen molar-refractivity contribution in [2.75, 3.05) is 7.11 Å². The number of ether oxygens (including phenoxy) is 2. The summed E-state index contributed by atoms with van der Waals surface area (Å²) < 4.78 is 11.2. The number of nitrogens with zero attached hydrogens (tertiary/aromatic N) is 2. The number of pyridine rings is 1. The van der Waals surface area contributed by atoms with E-state index in [1.165, 1.54) is 6.21 Å². The van der Waals surface area contributed by atoms with E-state index in [0.29, 0.717) is 27.1 Å². The third-order valence-corrected chi connectivity index (χ3v) is 4.50. The van der Waals surface area contributed by atoms with E-state index in [1.54, 1.807) is 62.0 Å². The Morgan fingerprint density at radius 1 is 1.10 bits per heavy atom. The summed E-state index contributed by atoms with van der Waals surface area (Å²) in [7, 11) is 1.55. The number of nitrogens with one attached hydrogen (secondary N) is 1. The summed E-state index contributed by atoms with van der Waals surface area (Å²) in [6.45, 7) is 0.266. The predicted molar refractivity (Wildman–Crippen MR) is 113 cm³/mol. The fourth-order valence-corrected chi connectivity index (χ4v) is 2.87. The van der Waals surface area contributed by atoms with Crippen LogP contribution in [-0.4, -0.2) is 24.2 Å². The maximum atomic E-state index is 12.0. The van der Waals surface area contributed by atoms with Crippen molar-refractivity contribution in [1.29, 1.82) is 0 Å². The van der Waals surface area contributed by atoms with Gasteiger partial charge in [-0.15, -0.1) is 0 Å². The van der Waals surface area contributed by atoms with Crippen molar-refractivity contribution in [3.8, 4) is 11.5 Å². The highest BCUT2D eigenvalue weighted by molar-refractivity contribution is 6.35. The van der Waals surface area contributed by atoms with Crippen LogP contribution in [0.3, 0.4) is 0 Å². The molecule has 0 aliphatic rings. The number of rotatable bonds is 7. The second-order valence-electron chi connectivity index (χ2n) is 5.87. The molecule has 2 aromatic carbocycles. The van der Waals surface area contributed by atoms with Gasteiger partial charge in [-0.1, -0.05) is 29.3 Å². The van der Waals surface area contributed by atoms with Gasteiger partial charge in [0.15, 0.2) is 11.5 Å². The quantitative estimate of drug-likeness (QED) is 0.434. The number of hydrogen-bond donors (Lipinski definition) is 1. The fourth-order valence-electron chi connectivity index (χ4n) is 2.41. The van der Waals surface area contributed by atoms with Gasteiger partial charge in [-0.2, -0.15) is 5.10 Å². The molecule has 0 saturated heterocycles. The number of aromatic nitrogens is 1. The molecular formula is C21H17Cl2N3O3. The summed E-state index contributed by atoms with van der Waals surface area (Å²) in [6.07, 6.45) is 4.60. The Labute approximate surface area is 178 Å². The van der Waals surface area contributed by atoms with Crippen LogP contribution in [0.2, 0.25) is 10.0 Å². The van der Waals surface area contributed by atoms with Crippen molar-refractivity contribution in [1.82, 2.24) is 10.4 Å². The molecule has 0 atom stereocenters. The average Bonchev–Trinajstić information content (AvgIpc) is 2.74. The Balaban J connectivity index is 1.64. The van der Waals surface area contributed by atoms with Crippen LogP contribution in [0.4, 0.5) is 0 Å². The topological polar surface area (TPSA) is 72.8 Å². The minimum atomic E-state index is -0.324. The van der Waals surface area contributed by atoms with E-state index in [4.69, 9.17) is 32.7 Å². The van der Waals surface area contributed by atoms with E-state index in [2.05, 4.69) is 15.5 Å². The first-order valence-corrected chi connectivity index (χ1v) is 9.30. The van der Waals surface area contributed by atoms with Crippen LogP contribution in [0.5, 0.6) is 11.5 Å². The standard InChI is InChI=1S/C21H17Cl2N3O3/c1-28-20-10-14(12-25-26-21(27)15-6-8-24-9-7-15)2-5-19(20)29-13-16-3-4-17(22)11-18(16)23/h2-12H,13H2,1H3,(H,26,27)/b25-12-. The fraction of sp³-hybridized carbons (Fsp3) is 0.0952. The molecule has 3 aromatic rings. The highest BCUT2D eigenvalue weighted by atomic mass is 35.5. The van der Waals surface area contributed by atoms with E-state index < -0.39 is 0 Å². The molecule has 0 bridgehead atoms. The molecule has 29 heavy (non-hydrogen) atoms. The van der Waals surface area contributed by atoms with Gasteiger partial charge < -0.3 is 9.47 Å².